The number of rotatable bonds is 9. The van der Waals surface area contributed by atoms with Crippen molar-refractivity contribution >= 4 is 40.4 Å². The third-order valence-electron chi connectivity index (χ3n) is 6.60. The number of ether oxygens (including phenoxy) is 1. The molecule has 3 heterocycles. The second-order valence-corrected chi connectivity index (χ2v) is 10.6. The molecule has 0 bridgehead atoms. The predicted octanol–water partition coefficient (Wildman–Crippen LogP) is 6.03. The Hall–Kier alpha value is -2.94. The fraction of sp³-hybridized carbons (Fsp3) is 0.370. The van der Waals surface area contributed by atoms with E-state index >= 15 is 4.39 Å². The predicted molar refractivity (Wildman–Crippen MR) is 148 cm³/mol. The summed E-state index contributed by atoms with van der Waals surface area (Å²) in [7, 11) is 0. The van der Waals surface area contributed by atoms with Crippen LogP contribution in [0.5, 0.6) is 5.75 Å². The Kier molecular flexibility index (Phi) is 7.92. The fourth-order valence-electron chi connectivity index (χ4n) is 4.59. The molecule has 2 atom stereocenters. The molecule has 2 aromatic heterocycles. The molecule has 1 aromatic carbocycles. The van der Waals surface area contributed by atoms with E-state index in [1.54, 1.807) is 18.2 Å². The zero-order chi connectivity index (χ0) is 26.9. The highest BCUT2D eigenvalue weighted by molar-refractivity contribution is 6.35. The van der Waals surface area contributed by atoms with Crippen LogP contribution < -0.4 is 20.7 Å². The lowest BCUT2D eigenvalue weighted by atomic mass is 9.90. The molecule has 0 spiro atoms. The van der Waals surface area contributed by atoms with Crippen molar-refractivity contribution in [3.05, 3.63) is 75.4 Å². The normalized spacial score (nSPS) is 16.1. The van der Waals surface area contributed by atoms with Crippen LogP contribution in [0, 0.1) is 11.2 Å². The highest BCUT2D eigenvalue weighted by atomic mass is 35.5. The van der Waals surface area contributed by atoms with E-state index in [0.717, 1.165) is 6.42 Å². The van der Waals surface area contributed by atoms with E-state index in [9.17, 15) is 0 Å². The molecule has 1 aliphatic heterocycles. The highest BCUT2D eigenvalue weighted by Gasteiger charge is 2.40. The number of aromatic nitrogens is 2. The number of hydrogen-bond donors (Lipinski definition) is 3. The number of hydrogen-bond acceptors (Lipinski definition) is 7. The second kappa shape index (κ2) is 10.8. The molecule has 3 aromatic rings. The third-order valence-corrected chi connectivity index (χ3v) is 7.20. The van der Waals surface area contributed by atoms with Gasteiger partial charge in [0.2, 0.25) is 0 Å². The van der Waals surface area contributed by atoms with E-state index in [0.29, 0.717) is 57.3 Å². The Labute approximate surface area is 226 Å². The molecule has 7 nitrogen and oxygen atoms in total. The molecule has 4 rings (SSSR count). The average molecular weight is 545 g/mol. The minimum absolute atomic E-state index is 0.0421. The zero-order valence-electron chi connectivity index (χ0n) is 21.3. The summed E-state index contributed by atoms with van der Waals surface area (Å²) in [4.78, 5) is 10.2. The van der Waals surface area contributed by atoms with Crippen LogP contribution in [0.25, 0.3) is 0 Å². The quantitative estimate of drug-likeness (QED) is 0.224. The largest absolute Gasteiger partial charge is 0.486 e. The number of halogens is 3. The molecule has 0 aliphatic carbocycles. The van der Waals surface area contributed by atoms with Crippen LogP contribution in [0.15, 0.2) is 42.9 Å². The smallest absolute Gasteiger partial charge is 0.166 e. The van der Waals surface area contributed by atoms with Gasteiger partial charge < -0.3 is 20.7 Å². The maximum atomic E-state index is 15.1. The van der Waals surface area contributed by atoms with Gasteiger partial charge in [0.15, 0.2) is 11.6 Å². The molecule has 4 N–H and O–H groups in total. The summed E-state index contributed by atoms with van der Waals surface area (Å²) >= 11 is 12.5. The highest BCUT2D eigenvalue weighted by Crippen LogP contribution is 2.34. The summed E-state index contributed by atoms with van der Waals surface area (Å²) in [5.41, 5.74) is 7.83. The number of pyridine rings is 2. The van der Waals surface area contributed by atoms with Gasteiger partial charge in [-0.3, -0.25) is 10.4 Å². The van der Waals surface area contributed by atoms with Crippen molar-refractivity contribution < 1.29 is 9.13 Å². The Morgan fingerprint density at radius 2 is 1.89 bits per heavy atom. The summed E-state index contributed by atoms with van der Waals surface area (Å²) in [6.07, 6.45) is 5.05. The van der Waals surface area contributed by atoms with Gasteiger partial charge in [-0.25, -0.2) is 9.37 Å². The average Bonchev–Trinajstić information content (AvgIpc) is 2.83. The van der Waals surface area contributed by atoms with Crippen LogP contribution in [0.1, 0.15) is 56.9 Å². The first-order valence-electron chi connectivity index (χ1n) is 12.1. The second-order valence-electron chi connectivity index (χ2n) is 9.80. The molecule has 0 radical (unpaired) electrons. The molecule has 1 fully saturated rings. The van der Waals surface area contributed by atoms with E-state index in [-0.39, 0.29) is 17.1 Å². The van der Waals surface area contributed by atoms with Crippen molar-refractivity contribution in [3.63, 3.8) is 0 Å². The molecule has 1 unspecified atom stereocenters. The van der Waals surface area contributed by atoms with Gasteiger partial charge in [0, 0.05) is 60.1 Å². The number of anilines is 2. The SMILES string of the molecule is CCC(C)NC1(C)CN(c2ncc(C(=N)c3cc(O[C@H](C)c4c(Cl)cncc4Cl)ccc3N)cc2F)C1. The van der Waals surface area contributed by atoms with Crippen molar-refractivity contribution in [2.45, 2.75) is 51.8 Å². The summed E-state index contributed by atoms with van der Waals surface area (Å²) in [6, 6.07) is 6.70. The van der Waals surface area contributed by atoms with Gasteiger partial charge >= 0.3 is 0 Å². The number of nitrogen functional groups attached to an aromatic ring is 1. The Morgan fingerprint density at radius 3 is 2.51 bits per heavy atom. The van der Waals surface area contributed by atoms with E-state index in [1.165, 1.54) is 24.7 Å². The third kappa shape index (κ3) is 5.81. The van der Waals surface area contributed by atoms with Crippen LogP contribution in [-0.2, 0) is 0 Å². The van der Waals surface area contributed by atoms with E-state index in [4.69, 9.17) is 39.1 Å². The lowest BCUT2D eigenvalue weighted by Gasteiger charge is -2.50. The van der Waals surface area contributed by atoms with Crippen molar-refractivity contribution in [3.8, 4) is 5.75 Å². The lowest BCUT2D eigenvalue weighted by molar-refractivity contribution is 0.227. The molecule has 1 saturated heterocycles. The first kappa shape index (κ1) is 27.1. The van der Waals surface area contributed by atoms with Gasteiger partial charge in [-0.05, 0) is 51.5 Å². The molecule has 0 amide bonds. The molecule has 37 heavy (non-hydrogen) atoms. The van der Waals surface area contributed by atoms with Crippen molar-refractivity contribution in [2.75, 3.05) is 23.7 Å². The van der Waals surface area contributed by atoms with Gasteiger partial charge in [0.05, 0.1) is 21.3 Å². The molecule has 0 saturated carbocycles. The van der Waals surface area contributed by atoms with Gasteiger partial charge in [-0.15, -0.1) is 0 Å². The Balaban J connectivity index is 1.50. The lowest BCUT2D eigenvalue weighted by Crippen LogP contribution is -2.69. The van der Waals surface area contributed by atoms with Crippen LogP contribution in [0.3, 0.4) is 0 Å². The first-order valence-corrected chi connectivity index (χ1v) is 12.9. The van der Waals surface area contributed by atoms with Crippen LogP contribution in [-0.4, -0.2) is 40.3 Å². The Morgan fingerprint density at radius 1 is 1.22 bits per heavy atom. The number of benzene rings is 1. The molecular weight excluding hydrogens is 514 g/mol. The van der Waals surface area contributed by atoms with E-state index in [2.05, 4.69) is 36.1 Å². The summed E-state index contributed by atoms with van der Waals surface area (Å²) in [6.45, 7) is 9.54. The molecular formula is C27H31Cl2FN6O. The minimum Gasteiger partial charge on any atom is -0.486 e. The maximum absolute atomic E-state index is 15.1. The van der Waals surface area contributed by atoms with Crippen LogP contribution in [0.4, 0.5) is 15.9 Å². The Bertz CT molecular complexity index is 1290. The van der Waals surface area contributed by atoms with Gasteiger partial charge in [0.25, 0.3) is 0 Å². The fourth-order valence-corrected chi connectivity index (χ4v) is 5.26. The van der Waals surface area contributed by atoms with Gasteiger partial charge in [-0.1, -0.05) is 30.1 Å². The number of nitrogens with zero attached hydrogens (tertiary/aromatic N) is 3. The van der Waals surface area contributed by atoms with E-state index < -0.39 is 11.9 Å². The zero-order valence-corrected chi connectivity index (χ0v) is 22.8. The molecule has 10 heteroatoms. The summed E-state index contributed by atoms with van der Waals surface area (Å²) < 4.78 is 21.1. The van der Waals surface area contributed by atoms with Gasteiger partial charge in [0.1, 0.15) is 11.9 Å². The molecule has 196 valence electrons. The minimum atomic E-state index is -0.482. The van der Waals surface area contributed by atoms with Crippen molar-refractivity contribution in [1.29, 1.82) is 5.41 Å². The summed E-state index contributed by atoms with van der Waals surface area (Å²) in [5, 5.41) is 13.1. The van der Waals surface area contributed by atoms with E-state index in [1.807, 2.05) is 11.8 Å². The van der Waals surface area contributed by atoms with Crippen molar-refractivity contribution in [1.82, 2.24) is 15.3 Å². The van der Waals surface area contributed by atoms with Gasteiger partial charge in [-0.2, -0.15) is 0 Å². The van der Waals surface area contributed by atoms with Crippen LogP contribution in [0.2, 0.25) is 10.0 Å². The van der Waals surface area contributed by atoms with Crippen molar-refractivity contribution in [2.24, 2.45) is 0 Å². The van der Waals surface area contributed by atoms with Crippen LogP contribution >= 0.6 is 23.2 Å². The first-order chi connectivity index (χ1) is 17.5. The summed E-state index contributed by atoms with van der Waals surface area (Å²) in [5.74, 6) is 0.267. The number of nitrogens with one attached hydrogen (secondary N) is 2. The maximum Gasteiger partial charge on any atom is 0.166 e. The topological polar surface area (TPSA) is 100 Å². The molecule has 1 aliphatic rings. The number of nitrogens with two attached hydrogens (primary N) is 1. The standard InChI is InChI=1S/C27H31Cl2FN6O/c1-5-15(2)35-27(4)13-36(14-27)26-22(30)8-17(10-34-26)25(32)19-9-18(6-7-23(19)31)37-16(3)24-20(28)11-33-12-21(24)29/h6-12,15-16,32,35H,5,13-14,31H2,1-4H3/t15?,16-/m1/s1. The monoisotopic (exact) mass is 544 g/mol.